The van der Waals surface area contributed by atoms with Crippen LogP contribution in [0.2, 0.25) is 0 Å². The van der Waals surface area contributed by atoms with Crippen molar-refractivity contribution in [3.05, 3.63) is 47.4 Å². The van der Waals surface area contributed by atoms with E-state index in [4.69, 9.17) is 0 Å². The minimum atomic E-state index is 0.814. The first-order valence-electron chi connectivity index (χ1n) is 7.81. The molecule has 0 atom stereocenters. The van der Waals surface area contributed by atoms with Crippen LogP contribution in [-0.4, -0.2) is 19.9 Å². The van der Waals surface area contributed by atoms with Gasteiger partial charge in [-0.15, -0.1) is 22.7 Å². The van der Waals surface area contributed by atoms with Gasteiger partial charge in [-0.05, 0) is 37.6 Å². The maximum absolute atomic E-state index is 4.68. The lowest BCUT2D eigenvalue weighted by Crippen LogP contribution is -1.93. The molecule has 5 nitrogen and oxygen atoms in total. The Morgan fingerprint density at radius 3 is 2.92 bits per heavy atom. The second-order valence-corrected chi connectivity index (χ2v) is 7.75. The van der Waals surface area contributed by atoms with Gasteiger partial charge in [-0.1, -0.05) is 0 Å². The summed E-state index contributed by atoms with van der Waals surface area (Å²) in [5.74, 6) is 0.814. The van der Waals surface area contributed by atoms with Crippen molar-refractivity contribution in [2.24, 2.45) is 0 Å². The summed E-state index contributed by atoms with van der Waals surface area (Å²) in [5, 5.41) is 7.76. The number of nitrogens with one attached hydrogen (secondary N) is 1. The molecule has 0 aliphatic rings. The van der Waals surface area contributed by atoms with Gasteiger partial charge in [0.1, 0.15) is 16.0 Å². The number of pyridine rings is 2. The lowest BCUT2D eigenvalue weighted by molar-refractivity contribution is 1.22. The van der Waals surface area contributed by atoms with Crippen molar-refractivity contribution in [2.75, 3.05) is 5.32 Å². The number of hydrogen-bond donors (Lipinski definition) is 1. The van der Waals surface area contributed by atoms with Gasteiger partial charge in [0.2, 0.25) is 0 Å². The summed E-state index contributed by atoms with van der Waals surface area (Å²) in [6.45, 7) is 4.13. The zero-order chi connectivity index (χ0) is 17.0. The Labute approximate surface area is 151 Å². The van der Waals surface area contributed by atoms with E-state index in [9.17, 15) is 0 Å². The molecule has 0 aliphatic heterocycles. The van der Waals surface area contributed by atoms with E-state index in [2.05, 4.69) is 49.7 Å². The van der Waals surface area contributed by atoms with E-state index in [-0.39, 0.29) is 0 Å². The molecule has 25 heavy (non-hydrogen) atoms. The molecule has 5 rings (SSSR count). The number of anilines is 2. The maximum Gasteiger partial charge on any atom is 0.151 e. The van der Waals surface area contributed by atoms with Crippen molar-refractivity contribution in [1.82, 2.24) is 19.9 Å². The smallest absolute Gasteiger partial charge is 0.151 e. The highest BCUT2D eigenvalue weighted by Crippen LogP contribution is 2.39. The quantitative estimate of drug-likeness (QED) is 0.466. The Morgan fingerprint density at radius 2 is 2.00 bits per heavy atom. The summed E-state index contributed by atoms with van der Waals surface area (Å²) < 4.78 is 1.03. The van der Waals surface area contributed by atoms with Crippen LogP contribution in [0.4, 0.5) is 11.5 Å². The predicted molar refractivity (Wildman–Crippen MR) is 105 cm³/mol. The average molecular weight is 363 g/mol. The molecule has 5 aromatic rings. The fraction of sp³-hybridized carbons (Fsp3) is 0.111. The molecule has 0 radical (unpaired) electrons. The second kappa shape index (κ2) is 5.44. The van der Waals surface area contributed by atoms with E-state index in [1.165, 1.54) is 5.56 Å². The van der Waals surface area contributed by atoms with Gasteiger partial charge in [-0.2, -0.15) is 0 Å². The SMILES string of the molecule is Cc1cc(C)c2c(n1)sc1c(Nc3csc4ncccc34)ncnc12. The van der Waals surface area contributed by atoms with Gasteiger partial charge in [0, 0.05) is 28.0 Å². The number of nitrogens with zero attached hydrogens (tertiary/aromatic N) is 4. The highest BCUT2D eigenvalue weighted by atomic mass is 32.1. The monoisotopic (exact) mass is 363 g/mol. The summed E-state index contributed by atoms with van der Waals surface area (Å²) in [5.41, 5.74) is 4.20. The number of thiophene rings is 2. The first-order valence-corrected chi connectivity index (χ1v) is 9.51. The van der Waals surface area contributed by atoms with Crippen molar-refractivity contribution >= 4 is 64.8 Å². The molecular formula is C18H13N5S2. The van der Waals surface area contributed by atoms with Crippen molar-refractivity contribution in [3.63, 3.8) is 0 Å². The molecule has 0 saturated carbocycles. The van der Waals surface area contributed by atoms with Crippen molar-refractivity contribution in [1.29, 1.82) is 0 Å². The van der Waals surface area contributed by atoms with Crippen LogP contribution in [0.5, 0.6) is 0 Å². The van der Waals surface area contributed by atoms with Crippen LogP contribution in [0.15, 0.2) is 36.1 Å². The van der Waals surface area contributed by atoms with Crippen molar-refractivity contribution in [2.45, 2.75) is 13.8 Å². The number of fused-ring (bicyclic) bond motifs is 4. The van der Waals surface area contributed by atoms with E-state index >= 15 is 0 Å². The van der Waals surface area contributed by atoms with Gasteiger partial charge in [0.25, 0.3) is 0 Å². The predicted octanol–water partition coefficient (Wildman–Crippen LogP) is 5.21. The lowest BCUT2D eigenvalue weighted by atomic mass is 10.1. The molecule has 0 spiro atoms. The molecule has 5 aromatic heterocycles. The number of aryl methyl sites for hydroxylation is 2. The molecule has 0 bridgehead atoms. The van der Waals surface area contributed by atoms with Crippen LogP contribution in [-0.2, 0) is 0 Å². The Morgan fingerprint density at radius 1 is 1.08 bits per heavy atom. The highest BCUT2D eigenvalue weighted by molar-refractivity contribution is 7.26. The Hall–Kier alpha value is -2.64. The summed E-state index contributed by atoms with van der Waals surface area (Å²) in [7, 11) is 0. The standard InChI is InChI=1S/C18H13N5S2/c1-9-6-10(2)22-18-13(9)14-15(25-18)16(21-8-20-14)23-12-7-24-17-11(12)4-3-5-19-17/h3-8H,1-2H3,(H,20,21,23). The van der Waals surface area contributed by atoms with E-state index in [1.807, 2.05) is 19.2 Å². The van der Waals surface area contributed by atoms with Gasteiger partial charge >= 0.3 is 0 Å². The Kier molecular flexibility index (Phi) is 3.19. The third kappa shape index (κ3) is 2.27. The highest BCUT2D eigenvalue weighted by Gasteiger charge is 2.15. The normalized spacial score (nSPS) is 11.6. The third-order valence-corrected chi connectivity index (χ3v) is 6.14. The van der Waals surface area contributed by atoms with Crippen LogP contribution in [0.3, 0.4) is 0 Å². The minimum absolute atomic E-state index is 0.814. The molecular weight excluding hydrogens is 350 g/mol. The van der Waals surface area contributed by atoms with Gasteiger partial charge in [-0.3, -0.25) is 0 Å². The zero-order valence-corrected chi connectivity index (χ0v) is 15.2. The molecule has 1 N–H and O–H groups in total. The molecule has 7 heteroatoms. The fourth-order valence-corrected chi connectivity index (χ4v) is 5.13. The third-order valence-electron chi connectivity index (χ3n) is 4.15. The zero-order valence-electron chi connectivity index (χ0n) is 13.6. The Balaban J connectivity index is 1.72. The molecule has 5 heterocycles. The molecule has 0 unspecified atom stereocenters. The van der Waals surface area contributed by atoms with Crippen molar-refractivity contribution in [3.8, 4) is 0 Å². The largest absolute Gasteiger partial charge is 0.338 e. The van der Waals surface area contributed by atoms with Crippen LogP contribution < -0.4 is 5.32 Å². The first kappa shape index (κ1) is 14.7. The van der Waals surface area contributed by atoms with E-state index in [0.29, 0.717) is 0 Å². The van der Waals surface area contributed by atoms with Gasteiger partial charge < -0.3 is 5.32 Å². The number of hydrogen-bond acceptors (Lipinski definition) is 7. The van der Waals surface area contributed by atoms with Crippen molar-refractivity contribution < 1.29 is 0 Å². The lowest BCUT2D eigenvalue weighted by Gasteiger charge is -2.04. The summed E-state index contributed by atoms with van der Waals surface area (Å²) in [6.07, 6.45) is 3.43. The van der Waals surface area contributed by atoms with Crippen LogP contribution in [0.1, 0.15) is 11.3 Å². The molecule has 0 aliphatic carbocycles. The molecule has 0 amide bonds. The summed E-state index contributed by atoms with van der Waals surface area (Å²) in [6, 6.07) is 6.12. The first-order chi connectivity index (χ1) is 12.2. The summed E-state index contributed by atoms with van der Waals surface area (Å²) >= 11 is 3.26. The molecule has 122 valence electrons. The minimum Gasteiger partial charge on any atom is -0.338 e. The van der Waals surface area contributed by atoms with Crippen LogP contribution in [0.25, 0.3) is 30.6 Å². The Bertz CT molecular complexity index is 1250. The van der Waals surface area contributed by atoms with Gasteiger partial charge in [0.15, 0.2) is 5.82 Å². The summed E-state index contributed by atoms with van der Waals surface area (Å²) in [4.78, 5) is 20.1. The van der Waals surface area contributed by atoms with E-state index in [0.717, 1.165) is 47.8 Å². The maximum atomic E-state index is 4.68. The van der Waals surface area contributed by atoms with Crippen LogP contribution in [0, 0.1) is 13.8 Å². The van der Waals surface area contributed by atoms with E-state index in [1.54, 1.807) is 29.0 Å². The fourth-order valence-electron chi connectivity index (χ4n) is 3.09. The van der Waals surface area contributed by atoms with Crippen LogP contribution >= 0.6 is 22.7 Å². The van der Waals surface area contributed by atoms with Gasteiger partial charge in [-0.25, -0.2) is 19.9 Å². The second-order valence-electron chi connectivity index (χ2n) is 5.89. The topological polar surface area (TPSA) is 63.6 Å². The average Bonchev–Trinajstić information content (AvgIpc) is 3.17. The molecule has 0 aromatic carbocycles. The van der Waals surface area contributed by atoms with E-state index < -0.39 is 0 Å². The number of aromatic nitrogens is 4. The molecule has 0 fully saturated rings. The van der Waals surface area contributed by atoms with Gasteiger partial charge in [0.05, 0.1) is 15.9 Å². The molecule has 0 saturated heterocycles. The number of rotatable bonds is 2.